The summed E-state index contributed by atoms with van der Waals surface area (Å²) in [4.78, 5) is 0. The molecule has 0 aliphatic carbocycles. The Bertz CT molecular complexity index is 297. The molecule has 4 atom stereocenters. The quantitative estimate of drug-likeness (QED) is 0.516. The molecule has 3 heteroatoms. The van der Waals surface area contributed by atoms with Crippen molar-refractivity contribution in [1.29, 1.82) is 0 Å². The molecule has 2 aliphatic heterocycles. The Morgan fingerprint density at radius 3 is 1.48 bits per heavy atom. The van der Waals surface area contributed by atoms with E-state index < -0.39 is 0 Å². The van der Waals surface area contributed by atoms with Crippen LogP contribution in [0.4, 0.5) is 0 Å². The highest BCUT2D eigenvalue weighted by molar-refractivity contribution is 8.00. The zero-order valence-electron chi connectivity index (χ0n) is 15.1. The second-order valence-electron chi connectivity index (χ2n) is 8.86. The lowest BCUT2D eigenvalue weighted by Crippen LogP contribution is -2.21. The monoisotopic (exact) mass is 346 g/mol. The van der Waals surface area contributed by atoms with Crippen LogP contribution in [0.5, 0.6) is 0 Å². The Kier molecular flexibility index (Phi) is 6.54. The van der Waals surface area contributed by atoms with Gasteiger partial charge in [-0.2, -0.15) is 11.8 Å². The average molecular weight is 347 g/mol. The molecule has 0 aromatic carbocycles. The average Bonchev–Trinajstić information content (AvgIpc) is 2.94. The summed E-state index contributed by atoms with van der Waals surface area (Å²) in [5.74, 6) is 2.93. The summed E-state index contributed by atoms with van der Waals surface area (Å²) in [7, 11) is 0.555. The fourth-order valence-electron chi connectivity index (χ4n) is 4.12. The molecule has 2 fully saturated rings. The predicted octanol–water partition coefficient (Wildman–Crippen LogP) is 6.61. The van der Waals surface area contributed by atoms with Crippen LogP contribution in [0.25, 0.3) is 0 Å². The molecule has 2 heterocycles. The van der Waals surface area contributed by atoms with Crippen LogP contribution in [-0.2, 0) is 0 Å². The maximum Gasteiger partial charge on any atom is 0.0000722 e. The van der Waals surface area contributed by atoms with E-state index in [2.05, 4.69) is 53.3 Å². The molecule has 0 bridgehead atoms. The molecule has 0 spiro atoms. The van der Waals surface area contributed by atoms with Gasteiger partial charge in [-0.05, 0) is 59.6 Å². The molecule has 0 aromatic heterocycles. The molecule has 0 N–H and O–H groups in total. The maximum absolute atomic E-state index is 2.48. The maximum atomic E-state index is 2.48. The lowest BCUT2D eigenvalue weighted by atomic mass is 10.3. The van der Waals surface area contributed by atoms with Crippen molar-refractivity contribution in [2.24, 2.45) is 0 Å². The van der Waals surface area contributed by atoms with E-state index in [-0.39, 0.29) is 15.8 Å². The summed E-state index contributed by atoms with van der Waals surface area (Å²) < 4.78 is 0. The van der Waals surface area contributed by atoms with Crippen molar-refractivity contribution < 1.29 is 0 Å². The van der Waals surface area contributed by atoms with Gasteiger partial charge in [0.25, 0.3) is 0 Å². The van der Waals surface area contributed by atoms with Gasteiger partial charge in [0.05, 0.1) is 0 Å². The molecule has 124 valence electrons. The molecule has 0 amide bonds. The van der Waals surface area contributed by atoms with Crippen molar-refractivity contribution in [1.82, 2.24) is 0 Å². The van der Waals surface area contributed by atoms with Crippen LogP contribution in [0.15, 0.2) is 0 Å². The van der Waals surface area contributed by atoms with Crippen molar-refractivity contribution in [3.63, 3.8) is 0 Å². The summed E-state index contributed by atoms with van der Waals surface area (Å²) in [5.41, 5.74) is 2.12. The topological polar surface area (TPSA) is 0 Å². The van der Waals surface area contributed by atoms with Gasteiger partial charge in [-0.3, -0.25) is 0 Å². The van der Waals surface area contributed by atoms with Gasteiger partial charge in [-0.15, -0.1) is 0 Å². The molecular weight excluding hydrogens is 310 g/mol. The second kappa shape index (κ2) is 7.40. The zero-order chi connectivity index (χ0) is 15.7. The van der Waals surface area contributed by atoms with Gasteiger partial charge in [0, 0.05) is 11.5 Å². The normalized spacial score (nSPS) is 34.6. The minimum Gasteiger partial charge on any atom is -0.161 e. The largest absolute Gasteiger partial charge is 0.161 e. The van der Waals surface area contributed by atoms with E-state index in [1.54, 1.807) is 12.3 Å². The summed E-state index contributed by atoms with van der Waals surface area (Å²) in [6, 6.07) is 0. The molecule has 0 nitrogen and oxygen atoms in total. The highest BCUT2D eigenvalue weighted by Crippen LogP contribution is 2.61. The van der Waals surface area contributed by atoms with Crippen LogP contribution < -0.4 is 0 Å². The van der Waals surface area contributed by atoms with Crippen LogP contribution in [0.1, 0.15) is 67.2 Å². The van der Waals surface area contributed by atoms with Gasteiger partial charge in [-0.1, -0.05) is 57.4 Å². The zero-order valence-corrected chi connectivity index (χ0v) is 17.7. The first-order valence-electron chi connectivity index (χ1n) is 8.81. The van der Waals surface area contributed by atoms with Gasteiger partial charge in [0.1, 0.15) is 0 Å². The molecule has 0 unspecified atom stereocenters. The smallest absolute Gasteiger partial charge is 0.0000722 e. The lowest BCUT2D eigenvalue weighted by Gasteiger charge is -2.34. The third kappa shape index (κ3) is 5.09. The lowest BCUT2D eigenvalue weighted by molar-refractivity contribution is 0.768. The van der Waals surface area contributed by atoms with Crippen molar-refractivity contribution in [3.05, 3.63) is 0 Å². The van der Waals surface area contributed by atoms with Crippen molar-refractivity contribution in [2.45, 2.75) is 88.9 Å². The molecule has 0 aromatic rings. The van der Waals surface area contributed by atoms with E-state index in [9.17, 15) is 0 Å². The number of hydrogen-bond donors (Lipinski definition) is 0. The Morgan fingerprint density at radius 1 is 0.762 bits per heavy atom. The van der Waals surface area contributed by atoms with Crippen LogP contribution >= 0.6 is 27.6 Å². The molecule has 0 saturated carbocycles. The SMILES string of the molecule is CC(C)(C)[P@]1CCC[C@@H]1CSC[C@H]1CCC[P@@]1C(C)(C)C. The van der Waals surface area contributed by atoms with E-state index in [0.717, 1.165) is 11.3 Å². The molecule has 0 radical (unpaired) electrons. The standard InChI is InChI=1S/C18H36P2S/c1-17(2,3)19-11-7-9-15(19)13-21-14-16-10-8-12-20(16)18(4,5)6/h15-16H,7-14H2,1-6H3/t15-,16-,19-,20-/m1/s1. The number of hydrogen-bond acceptors (Lipinski definition) is 1. The number of rotatable bonds is 4. The minimum atomic E-state index is 0.277. The van der Waals surface area contributed by atoms with Gasteiger partial charge in [0.2, 0.25) is 0 Å². The van der Waals surface area contributed by atoms with E-state index in [0.29, 0.717) is 10.3 Å². The Labute approximate surface area is 140 Å². The van der Waals surface area contributed by atoms with Gasteiger partial charge >= 0.3 is 0 Å². The highest BCUT2D eigenvalue weighted by atomic mass is 32.2. The minimum absolute atomic E-state index is 0.277. The van der Waals surface area contributed by atoms with Crippen LogP contribution in [0, 0.1) is 0 Å². The van der Waals surface area contributed by atoms with Crippen molar-refractivity contribution in [3.8, 4) is 0 Å². The fraction of sp³-hybridized carbons (Fsp3) is 1.00. The van der Waals surface area contributed by atoms with Crippen molar-refractivity contribution in [2.75, 3.05) is 23.8 Å². The second-order valence-corrected chi connectivity index (χ2v) is 16.9. The van der Waals surface area contributed by atoms with E-state index in [1.807, 2.05) is 0 Å². The first kappa shape index (κ1) is 18.5. The van der Waals surface area contributed by atoms with Gasteiger partial charge in [0.15, 0.2) is 0 Å². The van der Waals surface area contributed by atoms with Crippen LogP contribution in [-0.4, -0.2) is 45.5 Å². The first-order valence-corrected chi connectivity index (χ1v) is 13.2. The van der Waals surface area contributed by atoms with E-state index in [1.165, 1.54) is 37.2 Å². The summed E-state index contributed by atoms with van der Waals surface area (Å²) >= 11 is 2.32. The Morgan fingerprint density at radius 2 is 1.14 bits per heavy atom. The van der Waals surface area contributed by atoms with Crippen molar-refractivity contribution >= 4 is 27.6 Å². The Balaban J connectivity index is 1.79. The third-order valence-electron chi connectivity index (χ3n) is 5.10. The first-order chi connectivity index (χ1) is 9.69. The van der Waals surface area contributed by atoms with Crippen LogP contribution in [0.3, 0.4) is 0 Å². The fourth-order valence-corrected chi connectivity index (χ4v) is 13.5. The molecule has 21 heavy (non-hydrogen) atoms. The molecular formula is C18H36P2S. The van der Waals surface area contributed by atoms with Gasteiger partial charge < -0.3 is 0 Å². The van der Waals surface area contributed by atoms with Crippen LogP contribution in [0.2, 0.25) is 0 Å². The summed E-state index contributed by atoms with van der Waals surface area (Å²) in [6.07, 6.45) is 9.15. The summed E-state index contributed by atoms with van der Waals surface area (Å²) in [5, 5.41) is 1.17. The molecule has 2 rings (SSSR count). The van der Waals surface area contributed by atoms with E-state index >= 15 is 0 Å². The van der Waals surface area contributed by atoms with E-state index in [4.69, 9.17) is 0 Å². The molecule has 2 saturated heterocycles. The molecule has 2 aliphatic rings. The van der Waals surface area contributed by atoms with Gasteiger partial charge in [-0.25, -0.2) is 0 Å². The third-order valence-corrected chi connectivity index (χ3v) is 14.6. The number of thioether (sulfide) groups is 1. The predicted molar refractivity (Wildman–Crippen MR) is 106 cm³/mol. The highest BCUT2D eigenvalue weighted by Gasteiger charge is 2.37. The summed E-state index contributed by atoms with van der Waals surface area (Å²) in [6.45, 7) is 14.9. The Hall–Kier alpha value is 1.21.